The van der Waals surface area contributed by atoms with Crippen LogP contribution >= 0.6 is 15.9 Å². The summed E-state index contributed by atoms with van der Waals surface area (Å²) in [5, 5.41) is 7.00. The number of nitrogens with one attached hydrogen (secondary N) is 1. The SMILES string of the molecule is CC(NC(=O)OC(C)(C)C)c1nn(C)cc1Br. The Morgan fingerprint density at radius 3 is 2.59 bits per heavy atom. The lowest BCUT2D eigenvalue weighted by atomic mass is 10.2. The Morgan fingerprint density at radius 1 is 1.59 bits per heavy atom. The predicted molar refractivity (Wildman–Crippen MR) is 68.7 cm³/mol. The third-order valence-electron chi connectivity index (χ3n) is 1.95. The van der Waals surface area contributed by atoms with Gasteiger partial charge in [-0.2, -0.15) is 5.10 Å². The van der Waals surface area contributed by atoms with E-state index in [9.17, 15) is 4.79 Å². The van der Waals surface area contributed by atoms with Crippen molar-refractivity contribution in [3.8, 4) is 0 Å². The zero-order valence-electron chi connectivity index (χ0n) is 10.7. The topological polar surface area (TPSA) is 56.1 Å². The van der Waals surface area contributed by atoms with Crippen LogP contribution in [-0.4, -0.2) is 21.5 Å². The molecule has 0 radical (unpaired) electrons. The van der Waals surface area contributed by atoms with Crippen LogP contribution in [0, 0.1) is 0 Å². The Hall–Kier alpha value is -1.04. The maximum atomic E-state index is 11.6. The van der Waals surface area contributed by atoms with E-state index >= 15 is 0 Å². The Kier molecular flexibility index (Phi) is 4.19. The van der Waals surface area contributed by atoms with Gasteiger partial charge in [-0.1, -0.05) is 0 Å². The van der Waals surface area contributed by atoms with Crippen LogP contribution in [0.25, 0.3) is 0 Å². The van der Waals surface area contributed by atoms with Crippen molar-refractivity contribution in [1.29, 1.82) is 0 Å². The fraction of sp³-hybridized carbons (Fsp3) is 0.636. The molecule has 0 fully saturated rings. The second-order valence-corrected chi connectivity index (χ2v) is 5.76. The van der Waals surface area contributed by atoms with Crippen LogP contribution in [0.1, 0.15) is 39.4 Å². The zero-order chi connectivity index (χ0) is 13.2. The standard InChI is InChI=1S/C11H18BrN3O2/c1-7(9-8(12)6-15(5)14-9)13-10(16)17-11(2,3)4/h6-7H,1-5H3,(H,13,16). The number of hydrogen-bond donors (Lipinski definition) is 1. The average molecular weight is 304 g/mol. The molecule has 0 bridgehead atoms. The van der Waals surface area contributed by atoms with Crippen LogP contribution in [0.2, 0.25) is 0 Å². The number of aryl methyl sites for hydroxylation is 1. The monoisotopic (exact) mass is 303 g/mol. The number of carbonyl (C=O) groups is 1. The van der Waals surface area contributed by atoms with E-state index in [1.807, 2.05) is 40.9 Å². The first kappa shape index (κ1) is 14.0. The number of hydrogen-bond acceptors (Lipinski definition) is 3. The second kappa shape index (κ2) is 5.08. The highest BCUT2D eigenvalue weighted by molar-refractivity contribution is 9.10. The fourth-order valence-electron chi connectivity index (χ4n) is 1.32. The molecule has 1 heterocycles. The number of nitrogens with zero attached hydrogens (tertiary/aromatic N) is 2. The molecule has 0 aliphatic rings. The average Bonchev–Trinajstić information content (AvgIpc) is 2.41. The van der Waals surface area contributed by atoms with Crippen molar-refractivity contribution in [1.82, 2.24) is 15.1 Å². The number of amides is 1. The Bertz CT molecular complexity index is 409. The summed E-state index contributed by atoms with van der Waals surface area (Å²) < 4.78 is 7.73. The van der Waals surface area contributed by atoms with Crippen molar-refractivity contribution >= 4 is 22.0 Å². The van der Waals surface area contributed by atoms with Crippen LogP contribution in [0.5, 0.6) is 0 Å². The van der Waals surface area contributed by atoms with E-state index < -0.39 is 11.7 Å². The number of carbonyl (C=O) groups excluding carboxylic acids is 1. The van der Waals surface area contributed by atoms with Crippen molar-refractivity contribution in [2.24, 2.45) is 7.05 Å². The summed E-state index contributed by atoms with van der Waals surface area (Å²) in [6, 6.07) is -0.208. The molecule has 0 aliphatic heterocycles. The van der Waals surface area contributed by atoms with Crippen LogP contribution in [0.15, 0.2) is 10.7 Å². The number of halogens is 1. The minimum absolute atomic E-state index is 0.208. The third kappa shape index (κ3) is 4.38. The maximum absolute atomic E-state index is 11.6. The maximum Gasteiger partial charge on any atom is 0.408 e. The molecule has 1 N–H and O–H groups in total. The minimum Gasteiger partial charge on any atom is -0.444 e. The summed E-state index contributed by atoms with van der Waals surface area (Å²) in [7, 11) is 1.83. The highest BCUT2D eigenvalue weighted by atomic mass is 79.9. The molecule has 1 atom stereocenters. The first-order valence-electron chi connectivity index (χ1n) is 5.37. The van der Waals surface area contributed by atoms with Crippen LogP contribution in [0.3, 0.4) is 0 Å². The molecule has 1 unspecified atom stereocenters. The summed E-state index contributed by atoms with van der Waals surface area (Å²) in [6.07, 6.45) is 1.39. The van der Waals surface area contributed by atoms with E-state index in [1.54, 1.807) is 4.68 Å². The van der Waals surface area contributed by atoms with Crippen molar-refractivity contribution in [3.05, 3.63) is 16.4 Å². The lowest BCUT2D eigenvalue weighted by Crippen LogP contribution is -2.34. The van der Waals surface area contributed by atoms with Gasteiger partial charge in [-0.25, -0.2) is 4.79 Å². The van der Waals surface area contributed by atoms with Gasteiger partial charge >= 0.3 is 6.09 Å². The summed E-state index contributed by atoms with van der Waals surface area (Å²) in [6.45, 7) is 7.34. The lowest BCUT2D eigenvalue weighted by molar-refractivity contribution is 0.0506. The van der Waals surface area contributed by atoms with Crippen LogP contribution in [0.4, 0.5) is 4.79 Å². The van der Waals surface area contributed by atoms with Crippen molar-refractivity contribution in [2.75, 3.05) is 0 Å². The Labute approximate surface area is 110 Å². The van der Waals surface area contributed by atoms with E-state index in [0.717, 1.165) is 10.2 Å². The number of aromatic nitrogens is 2. The molecule has 6 heteroatoms. The largest absolute Gasteiger partial charge is 0.444 e. The fourth-order valence-corrected chi connectivity index (χ4v) is 2.04. The van der Waals surface area contributed by atoms with E-state index in [4.69, 9.17) is 4.74 Å². The van der Waals surface area contributed by atoms with Crippen molar-refractivity contribution in [3.63, 3.8) is 0 Å². The predicted octanol–water partition coefficient (Wildman–Crippen LogP) is 2.77. The molecule has 0 spiro atoms. The molecule has 1 aromatic rings. The van der Waals surface area contributed by atoms with Crippen LogP contribution < -0.4 is 5.32 Å². The molecule has 5 nitrogen and oxygen atoms in total. The molecule has 0 aliphatic carbocycles. The zero-order valence-corrected chi connectivity index (χ0v) is 12.3. The van der Waals surface area contributed by atoms with E-state index in [-0.39, 0.29) is 6.04 Å². The summed E-state index contributed by atoms with van der Waals surface area (Å²) in [5.74, 6) is 0. The molecule has 17 heavy (non-hydrogen) atoms. The van der Waals surface area contributed by atoms with Crippen molar-refractivity contribution < 1.29 is 9.53 Å². The van der Waals surface area contributed by atoms with Crippen molar-refractivity contribution in [2.45, 2.75) is 39.3 Å². The summed E-state index contributed by atoms with van der Waals surface area (Å²) in [5.41, 5.74) is 0.281. The van der Waals surface area contributed by atoms with E-state index in [0.29, 0.717) is 0 Å². The van der Waals surface area contributed by atoms with Gasteiger partial charge in [-0.3, -0.25) is 4.68 Å². The van der Waals surface area contributed by atoms with Gasteiger partial charge in [0.25, 0.3) is 0 Å². The Morgan fingerprint density at radius 2 is 2.18 bits per heavy atom. The van der Waals surface area contributed by atoms with Gasteiger partial charge < -0.3 is 10.1 Å². The van der Waals surface area contributed by atoms with E-state index in [2.05, 4.69) is 26.3 Å². The first-order chi connectivity index (χ1) is 7.69. The van der Waals surface area contributed by atoms with Gasteiger partial charge in [0.1, 0.15) is 5.60 Å². The number of rotatable bonds is 2. The smallest absolute Gasteiger partial charge is 0.408 e. The van der Waals surface area contributed by atoms with Gasteiger partial charge in [-0.05, 0) is 43.6 Å². The summed E-state index contributed by atoms with van der Waals surface area (Å²) in [4.78, 5) is 11.6. The molecule has 1 aromatic heterocycles. The first-order valence-corrected chi connectivity index (χ1v) is 6.17. The Balaban J connectivity index is 2.64. The highest BCUT2D eigenvalue weighted by Gasteiger charge is 2.20. The second-order valence-electron chi connectivity index (χ2n) is 4.90. The van der Waals surface area contributed by atoms with Gasteiger partial charge in [0.2, 0.25) is 0 Å². The molecule has 0 aromatic carbocycles. The normalized spacial score (nSPS) is 13.3. The quantitative estimate of drug-likeness (QED) is 0.914. The molecule has 1 rings (SSSR count). The van der Waals surface area contributed by atoms with Gasteiger partial charge in [0.05, 0.1) is 16.2 Å². The van der Waals surface area contributed by atoms with Gasteiger partial charge in [-0.15, -0.1) is 0 Å². The molecular weight excluding hydrogens is 286 g/mol. The molecule has 96 valence electrons. The molecule has 0 saturated carbocycles. The number of ether oxygens (including phenoxy) is 1. The minimum atomic E-state index is -0.495. The van der Waals surface area contributed by atoms with Crippen LogP contribution in [-0.2, 0) is 11.8 Å². The van der Waals surface area contributed by atoms with Gasteiger partial charge in [0, 0.05) is 13.2 Å². The molecule has 0 saturated heterocycles. The van der Waals surface area contributed by atoms with E-state index in [1.165, 1.54) is 0 Å². The summed E-state index contributed by atoms with van der Waals surface area (Å²) >= 11 is 3.39. The van der Waals surface area contributed by atoms with Gasteiger partial charge in [0.15, 0.2) is 0 Å². The molecular formula is C11H18BrN3O2. The third-order valence-corrected chi connectivity index (χ3v) is 2.56. The number of alkyl carbamates (subject to hydrolysis) is 1. The highest BCUT2D eigenvalue weighted by Crippen LogP contribution is 2.21. The lowest BCUT2D eigenvalue weighted by Gasteiger charge is -2.21. The molecule has 1 amide bonds.